The molecule has 0 saturated carbocycles. The van der Waals surface area contributed by atoms with Crippen molar-refractivity contribution in [3.63, 3.8) is 0 Å². The molecule has 2 N–H and O–H groups in total. The Kier molecular flexibility index (Phi) is 5.48. The van der Waals surface area contributed by atoms with Crippen LogP contribution in [0.1, 0.15) is 39.2 Å². The molecule has 116 valence electrons. The van der Waals surface area contributed by atoms with E-state index < -0.39 is 6.10 Å². The van der Waals surface area contributed by atoms with Gasteiger partial charge in [-0.15, -0.1) is 0 Å². The summed E-state index contributed by atoms with van der Waals surface area (Å²) >= 11 is 0. The van der Waals surface area contributed by atoms with Crippen molar-refractivity contribution in [1.82, 2.24) is 5.32 Å². The predicted octanol–water partition coefficient (Wildman–Crippen LogP) is 2.97. The number of aryl methyl sites for hydroxylation is 1. The molecule has 1 aliphatic rings. The molecule has 21 heavy (non-hydrogen) atoms. The maximum absolute atomic E-state index is 12.0. The quantitative estimate of drug-likeness (QED) is 0.847. The molecule has 0 aliphatic carbocycles. The third-order valence-corrected chi connectivity index (χ3v) is 3.72. The number of rotatable bonds is 6. The summed E-state index contributed by atoms with van der Waals surface area (Å²) in [5.74, 6) is 1.28. The molecule has 0 fully saturated rings. The molecular weight excluding hydrogens is 264 g/mol. The normalized spacial score (nSPS) is 15.0. The summed E-state index contributed by atoms with van der Waals surface area (Å²) in [5.41, 5.74) is 2.45. The third kappa shape index (κ3) is 4.66. The first-order valence-electron chi connectivity index (χ1n) is 7.87. The largest absolute Gasteiger partial charge is 0.481 e. The lowest BCUT2D eigenvalue weighted by molar-refractivity contribution is -0.127. The molecule has 0 bridgehead atoms. The zero-order chi connectivity index (χ0) is 15.2. The summed E-state index contributed by atoms with van der Waals surface area (Å²) in [6, 6.07) is 6.02. The minimum Gasteiger partial charge on any atom is -0.481 e. The summed E-state index contributed by atoms with van der Waals surface area (Å²) < 4.78 is 5.75. The Labute approximate surface area is 127 Å². The van der Waals surface area contributed by atoms with E-state index in [9.17, 15) is 4.79 Å². The molecule has 1 heterocycles. The van der Waals surface area contributed by atoms with Gasteiger partial charge < -0.3 is 15.4 Å². The van der Waals surface area contributed by atoms with Crippen LogP contribution in [0.4, 0.5) is 5.69 Å². The van der Waals surface area contributed by atoms with Crippen molar-refractivity contribution < 1.29 is 9.53 Å². The molecule has 1 aromatic carbocycles. The fourth-order valence-electron chi connectivity index (χ4n) is 2.40. The van der Waals surface area contributed by atoms with E-state index in [2.05, 4.69) is 30.5 Å². The predicted molar refractivity (Wildman–Crippen MR) is 85.8 cm³/mol. The summed E-state index contributed by atoms with van der Waals surface area (Å²) in [7, 11) is 0. The number of nitrogens with one attached hydrogen (secondary N) is 2. The summed E-state index contributed by atoms with van der Waals surface area (Å²) in [6.07, 6.45) is 2.79. The first-order valence-corrected chi connectivity index (χ1v) is 7.87. The SMILES string of the molecule is CC(C)CCNC(=O)C(C)Oc1ccc2c(c1)NCCC2. The molecule has 1 unspecified atom stereocenters. The number of amides is 1. The van der Waals surface area contributed by atoms with Gasteiger partial charge in [0, 0.05) is 24.8 Å². The Balaban J connectivity index is 1.87. The highest BCUT2D eigenvalue weighted by atomic mass is 16.5. The van der Waals surface area contributed by atoms with Crippen molar-refractivity contribution in [2.24, 2.45) is 5.92 Å². The van der Waals surface area contributed by atoms with E-state index in [-0.39, 0.29) is 5.91 Å². The number of ether oxygens (including phenoxy) is 1. The summed E-state index contributed by atoms with van der Waals surface area (Å²) in [6.45, 7) is 7.79. The van der Waals surface area contributed by atoms with Crippen LogP contribution >= 0.6 is 0 Å². The minimum atomic E-state index is -0.473. The van der Waals surface area contributed by atoms with Gasteiger partial charge in [0.1, 0.15) is 5.75 Å². The van der Waals surface area contributed by atoms with Crippen molar-refractivity contribution in [3.8, 4) is 5.75 Å². The maximum Gasteiger partial charge on any atom is 0.260 e. The van der Waals surface area contributed by atoms with E-state index in [4.69, 9.17) is 4.74 Å². The van der Waals surface area contributed by atoms with E-state index in [0.29, 0.717) is 12.5 Å². The lowest BCUT2D eigenvalue weighted by Gasteiger charge is -2.20. The molecule has 4 nitrogen and oxygen atoms in total. The zero-order valence-electron chi connectivity index (χ0n) is 13.2. The Morgan fingerprint density at radius 3 is 2.95 bits per heavy atom. The molecule has 1 aromatic rings. The number of carbonyl (C=O) groups excluding carboxylic acids is 1. The lowest BCUT2D eigenvalue weighted by Crippen LogP contribution is -2.37. The van der Waals surface area contributed by atoms with E-state index in [0.717, 1.165) is 30.8 Å². The number of carbonyl (C=O) groups is 1. The molecule has 1 amide bonds. The smallest absolute Gasteiger partial charge is 0.260 e. The molecule has 0 saturated heterocycles. The molecule has 0 spiro atoms. The van der Waals surface area contributed by atoms with Crippen molar-refractivity contribution in [2.75, 3.05) is 18.4 Å². The Morgan fingerprint density at radius 2 is 2.19 bits per heavy atom. The molecule has 1 atom stereocenters. The van der Waals surface area contributed by atoms with E-state index in [1.54, 1.807) is 6.92 Å². The Morgan fingerprint density at radius 1 is 1.38 bits per heavy atom. The Hall–Kier alpha value is -1.71. The van der Waals surface area contributed by atoms with Crippen LogP contribution < -0.4 is 15.4 Å². The number of fused-ring (bicyclic) bond motifs is 1. The van der Waals surface area contributed by atoms with Gasteiger partial charge in [-0.3, -0.25) is 4.79 Å². The van der Waals surface area contributed by atoms with Crippen molar-refractivity contribution in [2.45, 2.75) is 46.1 Å². The number of hydrogen-bond acceptors (Lipinski definition) is 3. The second kappa shape index (κ2) is 7.34. The van der Waals surface area contributed by atoms with Crippen LogP contribution in [0.25, 0.3) is 0 Å². The van der Waals surface area contributed by atoms with Gasteiger partial charge in [-0.2, -0.15) is 0 Å². The van der Waals surface area contributed by atoms with Gasteiger partial charge in [0.2, 0.25) is 0 Å². The highest BCUT2D eigenvalue weighted by molar-refractivity contribution is 5.80. The van der Waals surface area contributed by atoms with Gasteiger partial charge in [-0.1, -0.05) is 19.9 Å². The standard InChI is InChI=1S/C17H26N2O2/c1-12(2)8-10-19-17(20)13(3)21-15-7-6-14-5-4-9-18-16(14)11-15/h6-7,11-13,18H,4-5,8-10H2,1-3H3,(H,19,20). The van der Waals surface area contributed by atoms with Gasteiger partial charge in [-0.25, -0.2) is 0 Å². The van der Waals surface area contributed by atoms with Crippen molar-refractivity contribution in [1.29, 1.82) is 0 Å². The highest BCUT2D eigenvalue weighted by Gasteiger charge is 2.16. The van der Waals surface area contributed by atoms with Crippen molar-refractivity contribution >= 4 is 11.6 Å². The van der Waals surface area contributed by atoms with Crippen LogP contribution in [-0.4, -0.2) is 25.1 Å². The fraction of sp³-hybridized carbons (Fsp3) is 0.588. The summed E-state index contributed by atoms with van der Waals surface area (Å²) in [5, 5.41) is 6.29. The summed E-state index contributed by atoms with van der Waals surface area (Å²) in [4.78, 5) is 12.0. The van der Waals surface area contributed by atoms with Gasteiger partial charge in [0.25, 0.3) is 5.91 Å². The van der Waals surface area contributed by atoms with Crippen LogP contribution in [0.3, 0.4) is 0 Å². The van der Waals surface area contributed by atoms with Crippen LogP contribution in [0, 0.1) is 5.92 Å². The topological polar surface area (TPSA) is 50.4 Å². The number of anilines is 1. The second-order valence-corrected chi connectivity index (χ2v) is 6.08. The van der Waals surface area contributed by atoms with Gasteiger partial charge in [0.05, 0.1) is 0 Å². The van der Waals surface area contributed by atoms with Gasteiger partial charge >= 0.3 is 0 Å². The van der Waals surface area contributed by atoms with Crippen LogP contribution in [0.5, 0.6) is 5.75 Å². The zero-order valence-corrected chi connectivity index (χ0v) is 13.2. The molecule has 0 radical (unpaired) electrons. The van der Waals surface area contributed by atoms with E-state index in [1.165, 1.54) is 12.0 Å². The van der Waals surface area contributed by atoms with Crippen LogP contribution in [0.15, 0.2) is 18.2 Å². The fourth-order valence-corrected chi connectivity index (χ4v) is 2.40. The molecule has 4 heteroatoms. The Bertz CT molecular complexity index is 486. The maximum atomic E-state index is 12.0. The third-order valence-electron chi connectivity index (χ3n) is 3.72. The van der Waals surface area contributed by atoms with E-state index in [1.807, 2.05) is 12.1 Å². The van der Waals surface area contributed by atoms with E-state index >= 15 is 0 Å². The number of benzene rings is 1. The molecule has 2 rings (SSSR count). The van der Waals surface area contributed by atoms with Crippen LogP contribution in [-0.2, 0) is 11.2 Å². The average molecular weight is 290 g/mol. The lowest BCUT2D eigenvalue weighted by atomic mass is 10.0. The van der Waals surface area contributed by atoms with Crippen LogP contribution in [0.2, 0.25) is 0 Å². The monoisotopic (exact) mass is 290 g/mol. The molecular formula is C17H26N2O2. The van der Waals surface area contributed by atoms with Crippen molar-refractivity contribution in [3.05, 3.63) is 23.8 Å². The molecule has 0 aromatic heterocycles. The number of hydrogen-bond donors (Lipinski definition) is 2. The van der Waals surface area contributed by atoms with Gasteiger partial charge in [-0.05, 0) is 43.7 Å². The first kappa shape index (κ1) is 15.7. The minimum absolute atomic E-state index is 0.0543. The second-order valence-electron chi connectivity index (χ2n) is 6.08. The average Bonchev–Trinajstić information content (AvgIpc) is 2.46. The highest BCUT2D eigenvalue weighted by Crippen LogP contribution is 2.27. The van der Waals surface area contributed by atoms with Gasteiger partial charge in [0.15, 0.2) is 6.10 Å². The first-order chi connectivity index (χ1) is 10.1. The molecule has 1 aliphatic heterocycles.